The minimum absolute atomic E-state index is 0.0368. The molecule has 2 heterocycles. The molecule has 2 bridgehead atoms. The molecular formula is C33H38N2O6. The maximum atomic E-state index is 13.9. The molecule has 3 aromatic rings. The Morgan fingerprint density at radius 1 is 0.976 bits per heavy atom. The lowest BCUT2D eigenvalue weighted by Crippen LogP contribution is -2.48. The lowest BCUT2D eigenvalue weighted by atomic mass is 9.82. The van der Waals surface area contributed by atoms with E-state index >= 15 is 0 Å². The van der Waals surface area contributed by atoms with E-state index in [-0.39, 0.29) is 18.0 Å². The Morgan fingerprint density at radius 2 is 1.68 bits per heavy atom. The second-order valence-corrected chi connectivity index (χ2v) is 10.7. The molecule has 3 atom stereocenters. The minimum atomic E-state index is -0.902. The van der Waals surface area contributed by atoms with Crippen LogP contribution in [0.5, 0.6) is 11.5 Å². The van der Waals surface area contributed by atoms with E-state index in [2.05, 4.69) is 17.4 Å². The Balaban J connectivity index is 1.62. The first-order valence-electron chi connectivity index (χ1n) is 14.2. The lowest BCUT2D eigenvalue weighted by molar-refractivity contribution is -0.141. The predicted molar refractivity (Wildman–Crippen MR) is 155 cm³/mol. The van der Waals surface area contributed by atoms with Crippen LogP contribution >= 0.6 is 0 Å². The fourth-order valence-electron chi connectivity index (χ4n) is 5.32. The van der Waals surface area contributed by atoms with Crippen molar-refractivity contribution in [3.63, 3.8) is 0 Å². The molecule has 0 saturated heterocycles. The number of hydroxylamine groups is 1. The smallest absolute Gasteiger partial charge is 0.247 e. The summed E-state index contributed by atoms with van der Waals surface area (Å²) in [5.41, 5.74) is 5.26. The average Bonchev–Trinajstić information content (AvgIpc) is 2.99. The van der Waals surface area contributed by atoms with Crippen molar-refractivity contribution in [3.8, 4) is 11.5 Å². The van der Waals surface area contributed by atoms with Gasteiger partial charge in [-0.15, -0.1) is 0 Å². The molecule has 2 aliphatic rings. The summed E-state index contributed by atoms with van der Waals surface area (Å²) < 4.78 is 5.86. The number of phenols is 1. The van der Waals surface area contributed by atoms with E-state index in [0.717, 1.165) is 23.1 Å². The Morgan fingerprint density at radius 3 is 2.37 bits per heavy atom. The number of carbonyl (C=O) groups is 3. The Labute approximate surface area is 240 Å². The Bertz CT molecular complexity index is 1310. The number of hydrogen-bond acceptors (Lipinski definition) is 6. The molecule has 2 amide bonds. The summed E-state index contributed by atoms with van der Waals surface area (Å²) in [4.78, 5) is 40.4. The molecule has 4 N–H and O–H groups in total. The number of ether oxygens (including phenoxy) is 1. The number of aryl methyl sites for hydroxylation is 2. The van der Waals surface area contributed by atoms with Crippen LogP contribution < -0.4 is 15.5 Å². The van der Waals surface area contributed by atoms with Gasteiger partial charge in [0.1, 0.15) is 11.5 Å². The van der Waals surface area contributed by atoms with Crippen molar-refractivity contribution in [3.05, 3.63) is 95.1 Å². The molecule has 0 fully saturated rings. The van der Waals surface area contributed by atoms with Crippen LogP contribution in [0.25, 0.3) is 0 Å². The first-order chi connectivity index (χ1) is 19.8. The number of rotatable bonds is 7. The van der Waals surface area contributed by atoms with Gasteiger partial charge in [-0.1, -0.05) is 42.0 Å². The molecular weight excluding hydrogens is 520 g/mol. The van der Waals surface area contributed by atoms with Crippen molar-refractivity contribution < 1.29 is 29.4 Å². The van der Waals surface area contributed by atoms with Crippen LogP contribution in [0.15, 0.2) is 72.8 Å². The highest BCUT2D eigenvalue weighted by Crippen LogP contribution is 2.27. The summed E-state index contributed by atoms with van der Waals surface area (Å²) in [6, 6.07) is 20.7. The normalized spacial score (nSPS) is 19.8. The molecule has 0 aromatic heterocycles. The van der Waals surface area contributed by atoms with Crippen LogP contribution in [0.4, 0.5) is 0 Å². The SMILES string of the molecule is Cc1ccc(CCCC2C(=O)N[C@H](C(=O)c3ccc(O)cc3)Cc3ccc(cc3)OCCCCC2C(=O)NO)cc1. The first-order valence-corrected chi connectivity index (χ1v) is 14.2. The van der Waals surface area contributed by atoms with Gasteiger partial charge in [-0.3, -0.25) is 19.6 Å². The maximum absolute atomic E-state index is 13.9. The van der Waals surface area contributed by atoms with Crippen LogP contribution in [0.2, 0.25) is 0 Å². The highest BCUT2D eigenvalue weighted by molar-refractivity contribution is 6.02. The third-order valence-electron chi connectivity index (χ3n) is 7.70. The molecule has 8 nitrogen and oxygen atoms in total. The van der Waals surface area contributed by atoms with Gasteiger partial charge in [-0.2, -0.15) is 0 Å². The van der Waals surface area contributed by atoms with Gasteiger partial charge >= 0.3 is 0 Å². The van der Waals surface area contributed by atoms with Gasteiger partial charge in [0.05, 0.1) is 18.6 Å². The van der Waals surface area contributed by atoms with Crippen LogP contribution in [0.3, 0.4) is 0 Å². The number of Topliss-reactive ketones (excluding diaryl/α,β-unsaturated/α-hetero) is 1. The summed E-state index contributed by atoms with van der Waals surface area (Å²) in [7, 11) is 0. The van der Waals surface area contributed by atoms with E-state index in [1.54, 1.807) is 5.48 Å². The zero-order chi connectivity index (χ0) is 29.2. The fourth-order valence-corrected chi connectivity index (χ4v) is 5.32. The quantitative estimate of drug-likeness (QED) is 0.185. The van der Waals surface area contributed by atoms with Gasteiger partial charge in [0, 0.05) is 17.9 Å². The number of fused-ring (bicyclic) bond motifs is 12. The molecule has 0 saturated carbocycles. The molecule has 0 spiro atoms. The van der Waals surface area contributed by atoms with Crippen LogP contribution in [-0.4, -0.2) is 40.6 Å². The number of benzene rings is 3. The van der Waals surface area contributed by atoms with Gasteiger partial charge in [0.2, 0.25) is 11.8 Å². The Kier molecular flexibility index (Phi) is 10.5. The van der Waals surface area contributed by atoms with Crippen molar-refractivity contribution >= 4 is 17.6 Å². The Hall–Kier alpha value is -4.17. The fraction of sp³-hybridized carbons (Fsp3) is 0.364. The molecule has 0 radical (unpaired) electrons. The van der Waals surface area contributed by atoms with Gasteiger partial charge in [0.15, 0.2) is 5.78 Å². The van der Waals surface area contributed by atoms with Crippen LogP contribution in [0.1, 0.15) is 59.2 Å². The third kappa shape index (κ3) is 8.41. The predicted octanol–water partition coefficient (Wildman–Crippen LogP) is 4.93. The van der Waals surface area contributed by atoms with E-state index < -0.39 is 29.7 Å². The first kappa shape index (κ1) is 29.8. The van der Waals surface area contributed by atoms with E-state index in [1.807, 2.05) is 43.3 Å². The second kappa shape index (κ2) is 14.5. The minimum Gasteiger partial charge on any atom is -0.508 e. The van der Waals surface area contributed by atoms with Gasteiger partial charge in [-0.05, 0) is 93.0 Å². The molecule has 216 valence electrons. The molecule has 2 unspecified atom stereocenters. The van der Waals surface area contributed by atoms with E-state index in [1.165, 1.54) is 24.3 Å². The molecule has 41 heavy (non-hydrogen) atoms. The summed E-state index contributed by atoms with van der Waals surface area (Å²) in [5, 5.41) is 22.2. The maximum Gasteiger partial charge on any atom is 0.247 e. The number of ketones is 1. The highest BCUT2D eigenvalue weighted by Gasteiger charge is 2.35. The summed E-state index contributed by atoms with van der Waals surface area (Å²) in [5.74, 6) is -2.11. The molecule has 5 rings (SSSR count). The third-order valence-corrected chi connectivity index (χ3v) is 7.70. The number of amides is 2. The van der Waals surface area contributed by atoms with Gasteiger partial charge < -0.3 is 15.2 Å². The average molecular weight is 559 g/mol. The monoisotopic (exact) mass is 558 g/mol. The summed E-state index contributed by atoms with van der Waals surface area (Å²) in [6.07, 6.45) is 3.70. The number of phenolic OH excluding ortho intramolecular Hbond substituents is 1. The molecule has 3 aromatic carbocycles. The van der Waals surface area contributed by atoms with Crippen molar-refractivity contribution in [1.29, 1.82) is 0 Å². The summed E-state index contributed by atoms with van der Waals surface area (Å²) >= 11 is 0. The number of hydrogen-bond donors (Lipinski definition) is 4. The van der Waals surface area contributed by atoms with Crippen molar-refractivity contribution in [2.45, 2.75) is 57.9 Å². The van der Waals surface area contributed by atoms with Crippen molar-refractivity contribution in [2.75, 3.05) is 6.61 Å². The van der Waals surface area contributed by atoms with E-state index in [0.29, 0.717) is 50.0 Å². The van der Waals surface area contributed by atoms with Crippen LogP contribution in [-0.2, 0) is 22.4 Å². The number of aromatic hydroxyl groups is 1. The van der Waals surface area contributed by atoms with Crippen molar-refractivity contribution in [1.82, 2.24) is 10.8 Å². The summed E-state index contributed by atoms with van der Waals surface area (Å²) in [6.45, 7) is 2.48. The lowest BCUT2D eigenvalue weighted by Gasteiger charge is -2.27. The van der Waals surface area contributed by atoms with Crippen LogP contribution in [0, 0.1) is 18.8 Å². The van der Waals surface area contributed by atoms with Gasteiger partial charge in [-0.25, -0.2) is 5.48 Å². The van der Waals surface area contributed by atoms with E-state index in [9.17, 15) is 24.7 Å². The number of nitrogens with one attached hydrogen (secondary N) is 2. The molecule has 8 heteroatoms. The van der Waals surface area contributed by atoms with E-state index in [4.69, 9.17) is 4.74 Å². The molecule has 0 aliphatic carbocycles. The standard InChI is InChI=1S/C33H38N2O6/c1-22-8-10-23(11-9-22)5-4-7-28-29(33(39)35-40)6-2-3-20-41-27-18-12-24(13-19-27)21-30(34-32(28)38)31(37)25-14-16-26(36)17-15-25/h8-19,28-30,36,40H,2-7,20-21H2,1H3,(H,34,38)(H,35,39)/t28?,29?,30-/m0/s1. The second-order valence-electron chi connectivity index (χ2n) is 10.7. The largest absolute Gasteiger partial charge is 0.508 e. The van der Waals surface area contributed by atoms with Gasteiger partial charge in [0.25, 0.3) is 0 Å². The highest BCUT2D eigenvalue weighted by atomic mass is 16.5. The van der Waals surface area contributed by atoms with Crippen molar-refractivity contribution in [2.24, 2.45) is 11.8 Å². The zero-order valence-electron chi connectivity index (χ0n) is 23.3. The topological polar surface area (TPSA) is 125 Å². The zero-order valence-corrected chi connectivity index (χ0v) is 23.3. The number of carbonyl (C=O) groups excluding carboxylic acids is 3. The molecule has 2 aliphatic heterocycles.